The lowest BCUT2D eigenvalue weighted by Gasteiger charge is -2.28. The van der Waals surface area contributed by atoms with E-state index < -0.39 is 5.60 Å². The third-order valence-corrected chi connectivity index (χ3v) is 4.05. The van der Waals surface area contributed by atoms with Crippen LogP contribution in [-0.4, -0.2) is 42.4 Å². The fourth-order valence-electron chi connectivity index (χ4n) is 2.89. The van der Waals surface area contributed by atoms with Crippen LogP contribution in [0.4, 0.5) is 0 Å². The quantitative estimate of drug-likeness (QED) is 0.837. The zero-order valence-electron chi connectivity index (χ0n) is 12.7. The molecule has 0 saturated heterocycles. The fraction of sp³-hybridized carbons (Fsp3) is 0.588. The van der Waals surface area contributed by atoms with Gasteiger partial charge in [-0.1, -0.05) is 25.0 Å². The lowest BCUT2D eigenvalue weighted by molar-refractivity contribution is 0.0139. The second-order valence-corrected chi connectivity index (χ2v) is 6.00. The molecule has 1 N–H and O–H groups in total. The molecule has 0 heterocycles. The molecule has 0 atom stereocenters. The summed E-state index contributed by atoms with van der Waals surface area (Å²) in [6, 6.07) is 9.77. The van der Waals surface area contributed by atoms with Crippen molar-refractivity contribution in [3.8, 4) is 11.8 Å². The lowest BCUT2D eigenvalue weighted by atomic mass is 10.0. The van der Waals surface area contributed by atoms with Gasteiger partial charge in [-0.25, -0.2) is 0 Å². The molecule has 4 nitrogen and oxygen atoms in total. The van der Waals surface area contributed by atoms with Crippen LogP contribution < -0.4 is 4.74 Å². The highest BCUT2D eigenvalue weighted by Gasteiger charge is 2.31. The molecular weight excluding hydrogens is 264 g/mol. The van der Waals surface area contributed by atoms with E-state index in [2.05, 4.69) is 11.0 Å². The van der Waals surface area contributed by atoms with Gasteiger partial charge in [0.2, 0.25) is 0 Å². The van der Waals surface area contributed by atoms with Crippen molar-refractivity contribution in [2.75, 3.05) is 26.7 Å². The summed E-state index contributed by atoms with van der Waals surface area (Å²) in [7, 11) is 2.02. The molecule has 21 heavy (non-hydrogen) atoms. The van der Waals surface area contributed by atoms with E-state index in [0.717, 1.165) is 50.1 Å². The highest BCUT2D eigenvalue weighted by molar-refractivity contribution is 5.28. The van der Waals surface area contributed by atoms with Gasteiger partial charge in [-0.2, -0.15) is 5.26 Å². The topological polar surface area (TPSA) is 56.5 Å². The van der Waals surface area contributed by atoms with Crippen molar-refractivity contribution in [2.45, 2.75) is 37.7 Å². The largest absolute Gasteiger partial charge is 0.492 e. The number of nitrogens with zero attached hydrogens (tertiary/aromatic N) is 2. The van der Waals surface area contributed by atoms with Crippen LogP contribution in [0, 0.1) is 11.3 Å². The Labute approximate surface area is 127 Å². The number of likely N-dealkylation sites (N-methyl/N-ethyl adjacent to an activating group) is 1. The van der Waals surface area contributed by atoms with E-state index in [1.807, 2.05) is 31.3 Å². The zero-order chi connectivity index (χ0) is 15.1. The Kier molecular flexibility index (Phi) is 5.60. The first kappa shape index (κ1) is 15.8. The van der Waals surface area contributed by atoms with Gasteiger partial charge < -0.3 is 14.7 Å². The summed E-state index contributed by atoms with van der Waals surface area (Å²) in [6.45, 7) is 2.11. The maximum Gasteiger partial charge on any atom is 0.119 e. The van der Waals surface area contributed by atoms with E-state index in [1.165, 1.54) is 0 Å². The van der Waals surface area contributed by atoms with Crippen molar-refractivity contribution in [3.05, 3.63) is 29.8 Å². The number of benzene rings is 1. The molecule has 0 bridgehead atoms. The summed E-state index contributed by atoms with van der Waals surface area (Å²) in [5, 5.41) is 19.0. The molecular formula is C17H24N2O2. The molecule has 4 heteroatoms. The van der Waals surface area contributed by atoms with E-state index in [-0.39, 0.29) is 0 Å². The van der Waals surface area contributed by atoms with E-state index >= 15 is 0 Å². The summed E-state index contributed by atoms with van der Waals surface area (Å²) in [5.74, 6) is 0.824. The maximum atomic E-state index is 10.4. The predicted molar refractivity (Wildman–Crippen MR) is 82.2 cm³/mol. The minimum atomic E-state index is -0.492. The van der Waals surface area contributed by atoms with Crippen molar-refractivity contribution < 1.29 is 9.84 Å². The van der Waals surface area contributed by atoms with E-state index in [4.69, 9.17) is 10.00 Å². The number of rotatable bonds is 7. The molecule has 2 rings (SSSR count). The van der Waals surface area contributed by atoms with Gasteiger partial charge in [0.1, 0.15) is 12.4 Å². The van der Waals surface area contributed by atoms with Gasteiger partial charge in [-0.05, 0) is 37.6 Å². The number of hydrogen-bond acceptors (Lipinski definition) is 4. The second-order valence-electron chi connectivity index (χ2n) is 6.00. The smallest absolute Gasteiger partial charge is 0.119 e. The third kappa shape index (κ3) is 5.04. The maximum absolute atomic E-state index is 10.4. The number of aliphatic hydroxyl groups is 1. The Morgan fingerprint density at radius 1 is 1.29 bits per heavy atom. The molecule has 1 saturated carbocycles. The molecule has 114 valence electrons. The van der Waals surface area contributed by atoms with Gasteiger partial charge in [-0.3, -0.25) is 0 Å². The Hall–Kier alpha value is -1.57. The van der Waals surface area contributed by atoms with Crippen LogP contribution in [0.25, 0.3) is 0 Å². The van der Waals surface area contributed by atoms with Gasteiger partial charge in [-0.15, -0.1) is 0 Å². The molecule has 1 aliphatic carbocycles. The average molecular weight is 288 g/mol. The molecule has 0 aromatic heterocycles. The standard InChI is InChI=1S/C17H24N2O2/c1-19(14-17(20)9-2-3-10-17)12-13-21-16-6-4-15(5-7-16)8-11-18/h4-7,20H,2-3,8-10,12-14H2,1H3. The van der Waals surface area contributed by atoms with Crippen molar-refractivity contribution in [2.24, 2.45) is 0 Å². The minimum Gasteiger partial charge on any atom is -0.492 e. The van der Waals surface area contributed by atoms with Crippen LogP contribution in [0.3, 0.4) is 0 Å². The van der Waals surface area contributed by atoms with Gasteiger partial charge in [0.05, 0.1) is 18.1 Å². The third-order valence-electron chi connectivity index (χ3n) is 4.05. The number of ether oxygens (including phenoxy) is 1. The molecule has 1 aromatic rings. The minimum absolute atomic E-state index is 0.432. The van der Waals surface area contributed by atoms with E-state index in [1.54, 1.807) is 0 Å². The van der Waals surface area contributed by atoms with Crippen LogP contribution in [0.15, 0.2) is 24.3 Å². The SMILES string of the molecule is CN(CCOc1ccc(CC#N)cc1)CC1(O)CCCC1. The highest BCUT2D eigenvalue weighted by Crippen LogP contribution is 2.29. The normalized spacial score (nSPS) is 16.9. The van der Waals surface area contributed by atoms with Gasteiger partial charge in [0.25, 0.3) is 0 Å². The molecule has 0 amide bonds. The monoisotopic (exact) mass is 288 g/mol. The second kappa shape index (κ2) is 7.44. The molecule has 0 radical (unpaired) electrons. The summed E-state index contributed by atoms with van der Waals surface area (Å²) in [4.78, 5) is 2.13. The zero-order valence-corrected chi connectivity index (χ0v) is 12.7. The first-order valence-corrected chi connectivity index (χ1v) is 7.61. The first-order chi connectivity index (χ1) is 10.1. The fourth-order valence-corrected chi connectivity index (χ4v) is 2.89. The molecule has 1 fully saturated rings. The summed E-state index contributed by atoms with van der Waals surface area (Å²) in [6.07, 6.45) is 4.53. The highest BCUT2D eigenvalue weighted by atomic mass is 16.5. The Morgan fingerprint density at radius 3 is 2.57 bits per heavy atom. The Morgan fingerprint density at radius 2 is 1.95 bits per heavy atom. The van der Waals surface area contributed by atoms with E-state index in [0.29, 0.717) is 13.0 Å². The molecule has 1 aliphatic rings. The lowest BCUT2D eigenvalue weighted by Crippen LogP contribution is -2.40. The van der Waals surface area contributed by atoms with Crippen molar-refractivity contribution in [1.29, 1.82) is 5.26 Å². The molecule has 0 spiro atoms. The molecule has 0 aliphatic heterocycles. The summed E-state index contributed by atoms with van der Waals surface area (Å²) < 4.78 is 5.70. The van der Waals surface area contributed by atoms with Crippen molar-refractivity contribution in [3.63, 3.8) is 0 Å². The predicted octanol–water partition coefficient (Wildman–Crippen LogP) is 2.37. The first-order valence-electron chi connectivity index (χ1n) is 7.61. The Bertz CT molecular complexity index is 473. The average Bonchev–Trinajstić information content (AvgIpc) is 2.87. The molecule has 0 unspecified atom stereocenters. The van der Waals surface area contributed by atoms with Crippen LogP contribution in [0.2, 0.25) is 0 Å². The summed E-state index contributed by atoms with van der Waals surface area (Å²) >= 11 is 0. The number of nitriles is 1. The van der Waals surface area contributed by atoms with Crippen LogP contribution in [0.5, 0.6) is 5.75 Å². The van der Waals surface area contributed by atoms with Crippen molar-refractivity contribution >= 4 is 0 Å². The number of hydrogen-bond donors (Lipinski definition) is 1. The van der Waals surface area contributed by atoms with Gasteiger partial charge in [0, 0.05) is 13.1 Å². The summed E-state index contributed by atoms with van der Waals surface area (Å²) in [5.41, 5.74) is 0.513. The van der Waals surface area contributed by atoms with Gasteiger partial charge in [0.15, 0.2) is 0 Å². The van der Waals surface area contributed by atoms with Crippen LogP contribution in [-0.2, 0) is 6.42 Å². The molecule has 1 aromatic carbocycles. The van der Waals surface area contributed by atoms with Crippen LogP contribution >= 0.6 is 0 Å². The Balaban J connectivity index is 1.70. The van der Waals surface area contributed by atoms with E-state index in [9.17, 15) is 5.11 Å². The van der Waals surface area contributed by atoms with Crippen LogP contribution in [0.1, 0.15) is 31.2 Å². The van der Waals surface area contributed by atoms with Gasteiger partial charge >= 0.3 is 0 Å². The van der Waals surface area contributed by atoms with Crippen molar-refractivity contribution in [1.82, 2.24) is 4.90 Å².